The number of carboxylic acids is 1. The molecule has 0 atom stereocenters. The maximum atomic E-state index is 12.0. The molecular formula is C18H21NO5S. The van der Waals surface area contributed by atoms with Crippen molar-refractivity contribution >= 4 is 28.2 Å². The number of aromatic carboxylic acids is 1. The molecule has 2 N–H and O–H groups in total. The fourth-order valence-electron chi connectivity index (χ4n) is 2.15. The van der Waals surface area contributed by atoms with E-state index in [4.69, 9.17) is 9.47 Å². The Labute approximate surface area is 150 Å². The first-order valence-electron chi connectivity index (χ1n) is 7.96. The fraction of sp³-hybridized carbons (Fsp3) is 0.333. The van der Waals surface area contributed by atoms with Gasteiger partial charge in [0.2, 0.25) is 5.91 Å². The number of thiophene rings is 1. The second-order valence-corrected chi connectivity index (χ2v) is 6.43. The first-order chi connectivity index (χ1) is 12.0. The van der Waals surface area contributed by atoms with Crippen molar-refractivity contribution < 1.29 is 24.2 Å². The van der Waals surface area contributed by atoms with Gasteiger partial charge in [-0.2, -0.15) is 0 Å². The van der Waals surface area contributed by atoms with Crippen LogP contribution < -0.4 is 14.8 Å². The summed E-state index contributed by atoms with van der Waals surface area (Å²) in [4.78, 5) is 24.2. The second-order valence-electron chi connectivity index (χ2n) is 5.29. The standard InChI is InChI=1S/C18H21NO5S/c1-3-14-11-15(18(21)22)17(25-14)19-16(20)5-4-10-24-13-8-6-12(23-2)7-9-13/h6-9,11H,3-5,10H2,1-2H3,(H,19,20)(H,21,22). The van der Waals surface area contributed by atoms with Gasteiger partial charge in [0.15, 0.2) is 0 Å². The summed E-state index contributed by atoms with van der Waals surface area (Å²) in [5, 5.41) is 12.3. The third-order valence-electron chi connectivity index (χ3n) is 3.49. The summed E-state index contributed by atoms with van der Waals surface area (Å²) in [6, 6.07) is 8.82. The zero-order chi connectivity index (χ0) is 18.2. The van der Waals surface area contributed by atoms with Gasteiger partial charge in [-0.15, -0.1) is 11.3 Å². The number of carboxylic acid groups (broad SMARTS) is 1. The monoisotopic (exact) mass is 363 g/mol. The Morgan fingerprint density at radius 1 is 1.20 bits per heavy atom. The molecule has 0 aliphatic rings. The van der Waals surface area contributed by atoms with Crippen LogP contribution in [-0.2, 0) is 11.2 Å². The summed E-state index contributed by atoms with van der Waals surface area (Å²) in [5.41, 5.74) is 0.143. The van der Waals surface area contributed by atoms with Gasteiger partial charge in [0.25, 0.3) is 0 Å². The minimum Gasteiger partial charge on any atom is -0.497 e. The van der Waals surface area contributed by atoms with E-state index in [1.807, 2.05) is 6.92 Å². The third-order valence-corrected chi connectivity index (χ3v) is 4.69. The van der Waals surface area contributed by atoms with E-state index in [1.54, 1.807) is 37.4 Å². The van der Waals surface area contributed by atoms with Gasteiger partial charge < -0.3 is 19.9 Å². The van der Waals surface area contributed by atoms with Crippen LogP contribution in [0, 0.1) is 0 Å². The highest BCUT2D eigenvalue weighted by atomic mass is 32.1. The van der Waals surface area contributed by atoms with Crippen molar-refractivity contribution in [2.24, 2.45) is 0 Å². The second kappa shape index (κ2) is 9.08. The Bertz CT molecular complexity index is 724. The van der Waals surface area contributed by atoms with E-state index in [0.717, 1.165) is 17.0 Å². The minimum absolute atomic E-state index is 0.143. The molecule has 25 heavy (non-hydrogen) atoms. The molecule has 134 valence electrons. The summed E-state index contributed by atoms with van der Waals surface area (Å²) in [7, 11) is 1.60. The Morgan fingerprint density at radius 3 is 2.48 bits per heavy atom. The molecule has 2 aromatic rings. The van der Waals surface area contributed by atoms with E-state index in [2.05, 4.69) is 5.32 Å². The number of nitrogens with one attached hydrogen (secondary N) is 1. The van der Waals surface area contributed by atoms with Gasteiger partial charge in [-0.1, -0.05) is 6.92 Å². The lowest BCUT2D eigenvalue weighted by Gasteiger charge is -2.07. The number of hydrogen-bond acceptors (Lipinski definition) is 5. The molecule has 0 aliphatic heterocycles. The predicted octanol–water partition coefficient (Wildman–Crippen LogP) is 3.82. The summed E-state index contributed by atoms with van der Waals surface area (Å²) >= 11 is 1.30. The number of anilines is 1. The normalized spacial score (nSPS) is 10.3. The largest absolute Gasteiger partial charge is 0.497 e. The number of rotatable bonds is 9. The van der Waals surface area contributed by atoms with Crippen molar-refractivity contribution in [3.8, 4) is 11.5 Å². The van der Waals surface area contributed by atoms with Gasteiger partial charge in [0.05, 0.1) is 19.3 Å². The van der Waals surface area contributed by atoms with E-state index in [0.29, 0.717) is 23.8 Å². The van der Waals surface area contributed by atoms with E-state index in [1.165, 1.54) is 11.3 Å². The SMILES string of the molecule is CCc1cc(C(=O)O)c(NC(=O)CCCOc2ccc(OC)cc2)s1. The van der Waals surface area contributed by atoms with Crippen molar-refractivity contribution in [3.63, 3.8) is 0 Å². The highest BCUT2D eigenvalue weighted by Gasteiger charge is 2.16. The van der Waals surface area contributed by atoms with Crippen LogP contribution in [0.25, 0.3) is 0 Å². The van der Waals surface area contributed by atoms with Crippen LogP contribution in [0.1, 0.15) is 35.0 Å². The van der Waals surface area contributed by atoms with Crippen molar-refractivity contribution in [3.05, 3.63) is 40.8 Å². The topological polar surface area (TPSA) is 84.9 Å². The first-order valence-corrected chi connectivity index (χ1v) is 8.77. The highest BCUT2D eigenvalue weighted by molar-refractivity contribution is 7.16. The molecule has 0 radical (unpaired) electrons. The fourth-order valence-corrected chi connectivity index (χ4v) is 3.16. The summed E-state index contributed by atoms with van der Waals surface area (Å²) in [6.45, 7) is 2.34. The number of hydrogen-bond donors (Lipinski definition) is 2. The van der Waals surface area contributed by atoms with Gasteiger partial charge in [0, 0.05) is 11.3 Å². The summed E-state index contributed by atoms with van der Waals surface area (Å²) < 4.78 is 10.6. The third kappa shape index (κ3) is 5.49. The zero-order valence-corrected chi connectivity index (χ0v) is 15.0. The van der Waals surface area contributed by atoms with Crippen molar-refractivity contribution in [1.29, 1.82) is 0 Å². The van der Waals surface area contributed by atoms with Gasteiger partial charge in [-0.25, -0.2) is 4.79 Å². The van der Waals surface area contributed by atoms with Gasteiger partial charge >= 0.3 is 5.97 Å². The number of aryl methyl sites for hydroxylation is 1. The lowest BCUT2D eigenvalue weighted by molar-refractivity contribution is -0.116. The first kappa shape index (κ1) is 18.8. The zero-order valence-electron chi connectivity index (χ0n) is 14.2. The number of methoxy groups -OCH3 is 1. The molecule has 7 heteroatoms. The lowest BCUT2D eigenvalue weighted by atomic mass is 10.2. The van der Waals surface area contributed by atoms with Gasteiger partial charge in [-0.05, 0) is 43.2 Å². The van der Waals surface area contributed by atoms with Crippen LogP contribution >= 0.6 is 11.3 Å². The van der Waals surface area contributed by atoms with Crippen LogP contribution in [0.4, 0.5) is 5.00 Å². The quantitative estimate of drug-likeness (QED) is 0.662. The molecule has 2 rings (SSSR count). The molecule has 1 amide bonds. The van der Waals surface area contributed by atoms with E-state index >= 15 is 0 Å². The molecule has 1 aromatic carbocycles. The van der Waals surface area contributed by atoms with E-state index in [9.17, 15) is 14.7 Å². The Morgan fingerprint density at radius 2 is 1.88 bits per heavy atom. The maximum Gasteiger partial charge on any atom is 0.338 e. The maximum absolute atomic E-state index is 12.0. The average Bonchev–Trinajstić information content (AvgIpc) is 3.02. The molecule has 0 saturated carbocycles. The molecule has 0 spiro atoms. The number of carbonyl (C=O) groups is 2. The Balaban J connectivity index is 1.78. The molecule has 1 heterocycles. The molecule has 0 saturated heterocycles. The van der Waals surface area contributed by atoms with Crippen LogP contribution in [-0.4, -0.2) is 30.7 Å². The minimum atomic E-state index is -1.03. The van der Waals surface area contributed by atoms with Crippen LogP contribution in [0.2, 0.25) is 0 Å². The van der Waals surface area contributed by atoms with Crippen LogP contribution in [0.15, 0.2) is 30.3 Å². The molecule has 0 fully saturated rings. The molecule has 6 nitrogen and oxygen atoms in total. The molecule has 1 aromatic heterocycles. The lowest BCUT2D eigenvalue weighted by Crippen LogP contribution is -2.13. The van der Waals surface area contributed by atoms with Gasteiger partial charge in [-0.3, -0.25) is 4.79 Å². The number of amides is 1. The number of carbonyl (C=O) groups excluding carboxylic acids is 1. The molecule has 0 unspecified atom stereocenters. The smallest absolute Gasteiger partial charge is 0.338 e. The van der Waals surface area contributed by atoms with Crippen LogP contribution in [0.5, 0.6) is 11.5 Å². The summed E-state index contributed by atoms with van der Waals surface area (Å²) in [6.07, 6.45) is 1.53. The van der Waals surface area contributed by atoms with Gasteiger partial charge in [0.1, 0.15) is 16.5 Å². The molecule has 0 aliphatic carbocycles. The Kier molecular flexibility index (Phi) is 6.82. The molecule has 0 bridgehead atoms. The highest BCUT2D eigenvalue weighted by Crippen LogP contribution is 2.28. The summed E-state index contributed by atoms with van der Waals surface area (Å²) in [5.74, 6) is 0.211. The molecular weight excluding hydrogens is 342 g/mol. The van der Waals surface area contributed by atoms with Crippen molar-refractivity contribution in [2.75, 3.05) is 19.0 Å². The number of benzene rings is 1. The predicted molar refractivity (Wildman–Crippen MR) is 97.0 cm³/mol. The number of ether oxygens (including phenoxy) is 2. The van der Waals surface area contributed by atoms with Crippen LogP contribution in [0.3, 0.4) is 0 Å². The van der Waals surface area contributed by atoms with E-state index in [-0.39, 0.29) is 17.9 Å². The van der Waals surface area contributed by atoms with E-state index < -0.39 is 5.97 Å². The van der Waals surface area contributed by atoms with Crippen molar-refractivity contribution in [1.82, 2.24) is 0 Å². The Hall–Kier alpha value is -2.54. The van der Waals surface area contributed by atoms with Crippen molar-refractivity contribution in [2.45, 2.75) is 26.2 Å². The average molecular weight is 363 g/mol.